The van der Waals surface area contributed by atoms with Crippen LogP contribution in [0.2, 0.25) is 10.2 Å². The summed E-state index contributed by atoms with van der Waals surface area (Å²) in [6.45, 7) is 4.08. The van der Waals surface area contributed by atoms with Crippen molar-refractivity contribution in [2.75, 3.05) is 6.61 Å². The molecule has 5 atom stereocenters. The molecule has 1 aromatic carbocycles. The van der Waals surface area contributed by atoms with Crippen LogP contribution in [0.5, 0.6) is 0 Å². The molecule has 0 radical (unpaired) electrons. The molecule has 0 saturated carbocycles. The summed E-state index contributed by atoms with van der Waals surface area (Å²) in [6.07, 6.45) is 1.25. The third-order valence-electron chi connectivity index (χ3n) is 6.29. The van der Waals surface area contributed by atoms with Crippen LogP contribution in [0.25, 0.3) is 11.0 Å². The van der Waals surface area contributed by atoms with Crippen LogP contribution in [0.1, 0.15) is 37.3 Å². The molecule has 7 nitrogen and oxygen atoms in total. The van der Waals surface area contributed by atoms with Crippen LogP contribution in [-0.4, -0.2) is 45.2 Å². The molecular weight excluding hydrogens is 460 g/mol. The van der Waals surface area contributed by atoms with Gasteiger partial charge >= 0.3 is 0 Å². The molecule has 2 fully saturated rings. The van der Waals surface area contributed by atoms with E-state index in [2.05, 4.69) is 9.97 Å². The Morgan fingerprint density at radius 1 is 1.09 bits per heavy atom. The van der Waals surface area contributed by atoms with E-state index in [4.69, 9.17) is 42.1 Å². The maximum absolute atomic E-state index is 14.7. The third-order valence-corrected chi connectivity index (χ3v) is 6.88. The molecule has 3 aromatic rings. The predicted molar refractivity (Wildman–Crippen MR) is 114 cm³/mol. The van der Waals surface area contributed by atoms with Crippen LogP contribution in [0, 0.1) is 5.82 Å². The first-order valence-corrected chi connectivity index (χ1v) is 11.2. The lowest BCUT2D eigenvalue weighted by atomic mass is 9.91. The van der Waals surface area contributed by atoms with Crippen LogP contribution in [-0.2, 0) is 25.4 Å². The summed E-state index contributed by atoms with van der Waals surface area (Å²) in [4.78, 5) is 8.43. The molecule has 2 aromatic heterocycles. The van der Waals surface area contributed by atoms with Crippen molar-refractivity contribution in [3.8, 4) is 0 Å². The van der Waals surface area contributed by atoms with E-state index in [1.54, 1.807) is 12.1 Å². The molecule has 0 bridgehead atoms. The van der Waals surface area contributed by atoms with Crippen molar-refractivity contribution in [1.82, 2.24) is 14.5 Å². The van der Waals surface area contributed by atoms with Gasteiger partial charge in [-0.3, -0.25) is 0 Å². The Hall–Kier alpha value is -1.81. The van der Waals surface area contributed by atoms with E-state index in [-0.39, 0.29) is 5.02 Å². The molecule has 0 spiro atoms. The van der Waals surface area contributed by atoms with Crippen molar-refractivity contribution in [3.63, 3.8) is 0 Å². The van der Waals surface area contributed by atoms with Crippen molar-refractivity contribution in [1.29, 1.82) is 0 Å². The number of nitrogens with zero attached hydrogens (tertiary/aromatic N) is 3. The van der Waals surface area contributed by atoms with Gasteiger partial charge in [0.15, 0.2) is 12.0 Å². The molecule has 1 unspecified atom stereocenters. The molecule has 3 aliphatic heterocycles. The summed E-state index contributed by atoms with van der Waals surface area (Å²) in [5, 5.41) is 1.18. The lowest BCUT2D eigenvalue weighted by Gasteiger charge is -2.33. The highest BCUT2D eigenvalue weighted by Gasteiger charge is 2.59. The molecule has 10 heteroatoms. The van der Waals surface area contributed by atoms with Gasteiger partial charge in [0.05, 0.1) is 17.0 Å². The molecule has 32 heavy (non-hydrogen) atoms. The second-order valence-electron chi connectivity index (χ2n) is 8.65. The van der Waals surface area contributed by atoms with E-state index in [0.29, 0.717) is 34.8 Å². The topological polar surface area (TPSA) is 67.6 Å². The lowest BCUT2D eigenvalue weighted by Crippen LogP contribution is -2.37. The summed E-state index contributed by atoms with van der Waals surface area (Å²) >= 11 is 12.3. The van der Waals surface area contributed by atoms with Crippen LogP contribution in [0.3, 0.4) is 0 Å². The fourth-order valence-corrected chi connectivity index (χ4v) is 5.37. The Labute approximate surface area is 193 Å². The van der Waals surface area contributed by atoms with Gasteiger partial charge < -0.3 is 23.5 Å². The SMILES string of the molecule is CC1(C)O[C@@H]2[C@H](O1)[C@@H](C1OCCc3c1ccc(Cl)c3F)O[C@H]2n1ccc2c(Cl)ncnc21. The monoisotopic (exact) mass is 479 g/mol. The fourth-order valence-electron chi connectivity index (χ4n) is 5.00. The smallest absolute Gasteiger partial charge is 0.164 e. The molecular formula is C22H20Cl2FN3O4. The van der Waals surface area contributed by atoms with Gasteiger partial charge in [0.2, 0.25) is 0 Å². The van der Waals surface area contributed by atoms with Gasteiger partial charge in [-0.25, -0.2) is 14.4 Å². The van der Waals surface area contributed by atoms with E-state index in [1.807, 2.05) is 30.7 Å². The number of fused-ring (bicyclic) bond motifs is 3. The van der Waals surface area contributed by atoms with Crippen molar-refractivity contribution >= 4 is 34.2 Å². The van der Waals surface area contributed by atoms with Crippen LogP contribution < -0.4 is 0 Å². The van der Waals surface area contributed by atoms with Gasteiger partial charge in [0, 0.05) is 6.20 Å². The molecule has 3 aliphatic rings. The molecule has 0 N–H and O–H groups in total. The fraction of sp³-hybridized carbons (Fsp3) is 0.455. The Balaban J connectivity index is 1.43. The molecule has 5 heterocycles. The van der Waals surface area contributed by atoms with Gasteiger partial charge in [-0.05, 0) is 43.5 Å². The minimum absolute atomic E-state index is 0.101. The van der Waals surface area contributed by atoms with Gasteiger partial charge in [-0.15, -0.1) is 0 Å². The maximum Gasteiger partial charge on any atom is 0.164 e. The summed E-state index contributed by atoms with van der Waals surface area (Å²) < 4.78 is 41.7. The van der Waals surface area contributed by atoms with Gasteiger partial charge in [-0.1, -0.05) is 29.3 Å². The maximum atomic E-state index is 14.7. The molecule has 6 rings (SSSR count). The molecule has 0 amide bonds. The standard InChI is InChI=1S/C22H20Cl2FN3O4/c1-22(2)31-17-16(15-11-3-4-13(23)14(25)10(11)6-8-29-15)30-21(18(17)32-22)28-7-5-12-19(24)26-9-27-20(12)28/h3-5,7,9,15-18,21H,6,8H2,1-2H3/t15?,16-,17-,18-,21-/m1/s1. The summed E-state index contributed by atoms with van der Waals surface area (Å²) in [7, 11) is 0. The van der Waals surface area contributed by atoms with Crippen LogP contribution in [0.4, 0.5) is 4.39 Å². The van der Waals surface area contributed by atoms with E-state index < -0.39 is 42.2 Å². The van der Waals surface area contributed by atoms with Crippen LogP contribution in [0.15, 0.2) is 30.7 Å². The second-order valence-corrected chi connectivity index (χ2v) is 9.42. The quantitative estimate of drug-likeness (QED) is 0.500. The molecule has 168 valence electrons. The Bertz CT molecular complexity index is 1220. The zero-order valence-electron chi connectivity index (χ0n) is 17.3. The van der Waals surface area contributed by atoms with E-state index in [9.17, 15) is 4.39 Å². The van der Waals surface area contributed by atoms with Crippen molar-refractivity contribution in [2.24, 2.45) is 0 Å². The summed E-state index contributed by atoms with van der Waals surface area (Å²) in [5.74, 6) is -1.22. The number of ether oxygens (including phenoxy) is 4. The zero-order valence-corrected chi connectivity index (χ0v) is 18.8. The van der Waals surface area contributed by atoms with Crippen LogP contribution >= 0.6 is 23.2 Å². The van der Waals surface area contributed by atoms with E-state index in [0.717, 1.165) is 5.56 Å². The predicted octanol–water partition coefficient (Wildman–Crippen LogP) is 4.61. The van der Waals surface area contributed by atoms with Gasteiger partial charge in [0.1, 0.15) is 47.4 Å². The third kappa shape index (κ3) is 3.09. The highest BCUT2D eigenvalue weighted by molar-refractivity contribution is 6.33. The number of rotatable bonds is 2. The van der Waals surface area contributed by atoms with Crippen molar-refractivity contribution < 1.29 is 23.3 Å². The normalized spacial score (nSPS) is 31.1. The Morgan fingerprint density at radius 3 is 2.75 bits per heavy atom. The van der Waals surface area contributed by atoms with Crippen molar-refractivity contribution in [2.45, 2.75) is 56.7 Å². The number of halogens is 3. The first kappa shape index (κ1) is 20.8. The first-order valence-electron chi connectivity index (χ1n) is 10.4. The zero-order chi connectivity index (χ0) is 22.2. The van der Waals surface area contributed by atoms with Gasteiger partial charge in [0.25, 0.3) is 0 Å². The summed E-state index contributed by atoms with van der Waals surface area (Å²) in [5.41, 5.74) is 1.91. The average molecular weight is 480 g/mol. The van der Waals surface area contributed by atoms with Gasteiger partial charge in [-0.2, -0.15) is 0 Å². The number of hydrogen-bond acceptors (Lipinski definition) is 6. The molecule has 0 aliphatic carbocycles. The number of aromatic nitrogens is 3. The highest BCUT2D eigenvalue weighted by Crippen LogP contribution is 2.49. The summed E-state index contributed by atoms with van der Waals surface area (Å²) in [6, 6.07) is 5.19. The largest absolute Gasteiger partial charge is 0.370 e. The second kappa shape index (κ2) is 7.35. The molecule has 2 saturated heterocycles. The first-order chi connectivity index (χ1) is 15.3. The van der Waals surface area contributed by atoms with Crippen molar-refractivity contribution in [3.05, 3.63) is 57.8 Å². The minimum atomic E-state index is -0.812. The number of benzene rings is 1. The Morgan fingerprint density at radius 2 is 1.91 bits per heavy atom. The number of hydrogen-bond donors (Lipinski definition) is 0. The highest BCUT2D eigenvalue weighted by atomic mass is 35.5. The average Bonchev–Trinajstić information content (AvgIpc) is 3.42. The van der Waals surface area contributed by atoms with E-state index in [1.165, 1.54) is 6.33 Å². The Kier molecular flexibility index (Phi) is 4.77. The van der Waals surface area contributed by atoms with E-state index >= 15 is 0 Å². The lowest BCUT2D eigenvalue weighted by molar-refractivity contribution is -0.212. The minimum Gasteiger partial charge on any atom is -0.370 e.